The molecule has 0 unspecified atom stereocenters. The summed E-state index contributed by atoms with van der Waals surface area (Å²) in [6.07, 6.45) is 0. The Morgan fingerprint density at radius 3 is 2.64 bits per heavy atom. The zero-order valence-electron chi connectivity index (χ0n) is 7.17. The highest BCUT2D eigenvalue weighted by Gasteiger charge is 2.35. The molecule has 1 aromatic rings. The lowest BCUT2D eigenvalue weighted by Gasteiger charge is -2.06. The lowest BCUT2D eigenvalue weighted by molar-refractivity contribution is -0.0325. The van der Waals surface area contributed by atoms with E-state index < -0.39 is 30.0 Å². The summed E-state index contributed by atoms with van der Waals surface area (Å²) in [6, 6.07) is 0.655. The first-order valence-corrected chi connectivity index (χ1v) is 3.60. The van der Waals surface area contributed by atoms with Gasteiger partial charge >= 0.3 is 11.9 Å². The van der Waals surface area contributed by atoms with Gasteiger partial charge in [-0.3, -0.25) is 4.68 Å². The highest BCUT2D eigenvalue weighted by Crippen LogP contribution is 2.27. The van der Waals surface area contributed by atoms with Crippen molar-refractivity contribution in [2.24, 2.45) is 7.05 Å². The Labute approximate surface area is 77.0 Å². The molecule has 0 atom stereocenters. The van der Waals surface area contributed by atoms with Crippen LogP contribution in [0, 0.1) is 0 Å². The molecule has 0 radical (unpaired) electrons. The summed E-state index contributed by atoms with van der Waals surface area (Å²) >= 11 is 0. The Morgan fingerprint density at radius 2 is 2.29 bits per heavy atom. The van der Waals surface area contributed by atoms with Gasteiger partial charge in [0.15, 0.2) is 6.67 Å². The topological polar surface area (TPSA) is 55.1 Å². The third kappa shape index (κ3) is 1.70. The van der Waals surface area contributed by atoms with Gasteiger partial charge in [-0.2, -0.15) is 13.9 Å². The molecule has 78 valence electrons. The summed E-state index contributed by atoms with van der Waals surface area (Å²) < 4.78 is 38.0. The van der Waals surface area contributed by atoms with E-state index in [9.17, 15) is 18.0 Å². The monoisotopic (exact) mass is 208 g/mol. The molecular formula is C7H7F3N2O2. The maximum absolute atomic E-state index is 12.7. The molecule has 0 amide bonds. The SMILES string of the molecule is Cn1nc(C(F)(F)CF)cc1C(=O)O. The van der Waals surface area contributed by atoms with E-state index in [1.165, 1.54) is 7.05 Å². The van der Waals surface area contributed by atoms with Gasteiger partial charge in [-0.1, -0.05) is 0 Å². The van der Waals surface area contributed by atoms with Crippen molar-refractivity contribution >= 4 is 5.97 Å². The largest absolute Gasteiger partial charge is 0.477 e. The molecule has 0 spiro atoms. The summed E-state index contributed by atoms with van der Waals surface area (Å²) in [5.74, 6) is -5.12. The second-order valence-electron chi connectivity index (χ2n) is 2.68. The van der Waals surface area contributed by atoms with Gasteiger partial charge in [0.2, 0.25) is 0 Å². The second-order valence-corrected chi connectivity index (χ2v) is 2.68. The average Bonchev–Trinajstić information content (AvgIpc) is 2.48. The number of hydrogen-bond acceptors (Lipinski definition) is 2. The van der Waals surface area contributed by atoms with Crippen molar-refractivity contribution in [2.75, 3.05) is 6.67 Å². The highest BCUT2D eigenvalue weighted by atomic mass is 19.3. The van der Waals surface area contributed by atoms with E-state index in [0.29, 0.717) is 6.07 Å². The number of alkyl halides is 3. The Bertz CT molecular complexity index is 362. The van der Waals surface area contributed by atoms with E-state index in [1.54, 1.807) is 0 Å². The minimum atomic E-state index is -3.73. The number of hydrogen-bond donors (Lipinski definition) is 1. The van der Waals surface area contributed by atoms with Crippen LogP contribution >= 0.6 is 0 Å². The van der Waals surface area contributed by atoms with E-state index in [0.717, 1.165) is 4.68 Å². The Hall–Kier alpha value is -1.53. The van der Waals surface area contributed by atoms with Crippen molar-refractivity contribution in [2.45, 2.75) is 5.92 Å². The number of aryl methyl sites for hydroxylation is 1. The molecule has 1 N–H and O–H groups in total. The molecule has 1 heterocycles. The number of nitrogens with zero attached hydrogens (tertiary/aromatic N) is 2. The van der Waals surface area contributed by atoms with Crippen LogP contribution in [-0.4, -0.2) is 27.5 Å². The minimum Gasteiger partial charge on any atom is -0.477 e. The van der Waals surface area contributed by atoms with Crippen LogP contribution in [0.4, 0.5) is 13.2 Å². The molecule has 4 nitrogen and oxygen atoms in total. The fourth-order valence-electron chi connectivity index (χ4n) is 0.915. The van der Waals surface area contributed by atoms with Crippen molar-refractivity contribution < 1.29 is 23.1 Å². The predicted octanol–water partition coefficient (Wildman–Crippen LogP) is 1.18. The molecule has 0 aliphatic heterocycles. The summed E-state index contributed by atoms with van der Waals surface area (Å²) in [5.41, 5.74) is -1.28. The third-order valence-corrected chi connectivity index (χ3v) is 1.64. The van der Waals surface area contributed by atoms with Gasteiger partial charge in [0, 0.05) is 13.1 Å². The fraction of sp³-hybridized carbons (Fsp3) is 0.429. The predicted molar refractivity (Wildman–Crippen MR) is 40.0 cm³/mol. The van der Waals surface area contributed by atoms with E-state index in [2.05, 4.69) is 5.10 Å². The quantitative estimate of drug-likeness (QED) is 0.811. The first-order chi connectivity index (χ1) is 6.38. The van der Waals surface area contributed by atoms with E-state index >= 15 is 0 Å². The van der Waals surface area contributed by atoms with Crippen molar-refractivity contribution in [3.63, 3.8) is 0 Å². The molecule has 0 saturated carbocycles. The maximum atomic E-state index is 12.7. The van der Waals surface area contributed by atoms with Crippen LogP contribution < -0.4 is 0 Å². The van der Waals surface area contributed by atoms with Crippen LogP contribution in [0.2, 0.25) is 0 Å². The first-order valence-electron chi connectivity index (χ1n) is 3.60. The van der Waals surface area contributed by atoms with Gasteiger partial charge in [-0.15, -0.1) is 0 Å². The molecule has 1 aromatic heterocycles. The van der Waals surface area contributed by atoms with Crippen molar-refractivity contribution in [3.8, 4) is 0 Å². The standard InChI is InChI=1S/C7H7F3N2O2/c1-12-4(6(13)14)2-5(11-12)7(9,10)3-8/h2H,3H2,1H3,(H,13,14). The third-order valence-electron chi connectivity index (χ3n) is 1.64. The number of carboxylic acid groups (broad SMARTS) is 1. The van der Waals surface area contributed by atoms with Crippen LogP contribution in [0.3, 0.4) is 0 Å². The van der Waals surface area contributed by atoms with Crippen molar-refractivity contribution in [1.82, 2.24) is 9.78 Å². The highest BCUT2D eigenvalue weighted by molar-refractivity contribution is 5.85. The van der Waals surface area contributed by atoms with Gasteiger partial charge in [-0.05, 0) is 0 Å². The molecule has 1 rings (SSSR count). The number of halogens is 3. The molecule has 0 saturated heterocycles. The van der Waals surface area contributed by atoms with E-state index in [1.807, 2.05) is 0 Å². The average molecular weight is 208 g/mol. The summed E-state index contributed by atoms with van der Waals surface area (Å²) in [6.45, 7) is -1.90. The van der Waals surface area contributed by atoms with Crippen LogP contribution in [-0.2, 0) is 13.0 Å². The molecule has 0 fully saturated rings. The zero-order valence-corrected chi connectivity index (χ0v) is 7.17. The molecule has 0 aliphatic carbocycles. The number of rotatable bonds is 3. The second kappa shape index (κ2) is 3.32. The number of aromatic nitrogens is 2. The Kier molecular flexibility index (Phi) is 2.50. The molecule has 7 heteroatoms. The van der Waals surface area contributed by atoms with E-state index in [-0.39, 0.29) is 0 Å². The van der Waals surface area contributed by atoms with Crippen LogP contribution in [0.15, 0.2) is 6.07 Å². The van der Waals surface area contributed by atoms with Gasteiger partial charge in [0.1, 0.15) is 11.4 Å². The smallest absolute Gasteiger partial charge is 0.354 e. The summed E-state index contributed by atoms with van der Waals surface area (Å²) in [7, 11) is 1.20. The Morgan fingerprint density at radius 1 is 1.71 bits per heavy atom. The van der Waals surface area contributed by atoms with Crippen molar-refractivity contribution in [3.05, 3.63) is 17.5 Å². The number of aromatic carboxylic acids is 1. The van der Waals surface area contributed by atoms with Gasteiger partial charge in [-0.25, -0.2) is 9.18 Å². The molecule has 14 heavy (non-hydrogen) atoms. The fourth-order valence-corrected chi connectivity index (χ4v) is 0.915. The molecule has 0 aromatic carbocycles. The molecule has 0 aliphatic rings. The first kappa shape index (κ1) is 10.6. The van der Waals surface area contributed by atoms with Crippen LogP contribution in [0.5, 0.6) is 0 Å². The number of carboxylic acids is 1. The Balaban J connectivity index is 3.15. The van der Waals surface area contributed by atoms with Crippen LogP contribution in [0.1, 0.15) is 16.2 Å². The van der Waals surface area contributed by atoms with Gasteiger partial charge < -0.3 is 5.11 Å². The maximum Gasteiger partial charge on any atom is 0.354 e. The lowest BCUT2D eigenvalue weighted by Crippen LogP contribution is -2.16. The summed E-state index contributed by atoms with van der Waals surface area (Å²) in [4.78, 5) is 10.5. The number of carbonyl (C=O) groups is 1. The van der Waals surface area contributed by atoms with Gasteiger partial charge in [0.05, 0.1) is 0 Å². The minimum absolute atomic E-state index is 0.409. The van der Waals surface area contributed by atoms with Crippen molar-refractivity contribution in [1.29, 1.82) is 0 Å². The van der Waals surface area contributed by atoms with Gasteiger partial charge in [0.25, 0.3) is 0 Å². The lowest BCUT2D eigenvalue weighted by atomic mass is 10.2. The van der Waals surface area contributed by atoms with E-state index in [4.69, 9.17) is 5.11 Å². The van der Waals surface area contributed by atoms with Crippen LogP contribution in [0.25, 0.3) is 0 Å². The molecular weight excluding hydrogens is 201 g/mol. The molecule has 0 bridgehead atoms. The zero-order chi connectivity index (χ0) is 10.9. The summed E-state index contributed by atoms with van der Waals surface area (Å²) in [5, 5.41) is 11.7. The normalized spacial score (nSPS) is 11.7.